The molecule has 24 heavy (non-hydrogen) atoms. The van der Waals surface area contributed by atoms with Crippen molar-refractivity contribution in [1.29, 1.82) is 0 Å². The Bertz CT molecular complexity index is 697. The van der Waals surface area contributed by atoms with E-state index in [-0.39, 0.29) is 17.5 Å². The zero-order valence-corrected chi connectivity index (χ0v) is 13.8. The second-order valence-corrected chi connectivity index (χ2v) is 6.94. The third-order valence-corrected chi connectivity index (χ3v) is 5.42. The second kappa shape index (κ2) is 6.27. The summed E-state index contributed by atoms with van der Waals surface area (Å²) in [6.45, 7) is 1.56. The van der Waals surface area contributed by atoms with Gasteiger partial charge in [0, 0.05) is 30.9 Å². The number of nitrogens with one attached hydrogen (secondary N) is 1. The summed E-state index contributed by atoms with van der Waals surface area (Å²) in [6.07, 6.45) is 8.01. The average Bonchev–Trinajstić information content (AvgIpc) is 3.28. The lowest BCUT2D eigenvalue weighted by Crippen LogP contribution is -2.42. The molecule has 0 radical (unpaired) electrons. The number of rotatable bonds is 4. The van der Waals surface area contributed by atoms with Crippen LogP contribution < -0.4 is 5.32 Å². The third kappa shape index (κ3) is 2.88. The summed E-state index contributed by atoms with van der Waals surface area (Å²) >= 11 is 0. The van der Waals surface area contributed by atoms with E-state index in [4.69, 9.17) is 0 Å². The molecule has 1 aliphatic carbocycles. The van der Waals surface area contributed by atoms with Crippen LogP contribution >= 0.6 is 0 Å². The van der Waals surface area contributed by atoms with Crippen LogP contribution in [0, 0.1) is 0 Å². The molecular formula is C20H23N3O. The highest BCUT2D eigenvalue weighted by molar-refractivity contribution is 5.75. The van der Waals surface area contributed by atoms with Crippen LogP contribution in [0.4, 0.5) is 4.79 Å². The zero-order valence-electron chi connectivity index (χ0n) is 13.8. The highest BCUT2D eigenvalue weighted by Gasteiger charge is 2.44. The van der Waals surface area contributed by atoms with Crippen LogP contribution in [0.2, 0.25) is 0 Å². The SMILES string of the molecule is O=C(NCC1(c2ccccc2)CC1)N1CCC[C@H]1c1ccncc1. The summed E-state index contributed by atoms with van der Waals surface area (Å²) in [4.78, 5) is 18.8. The molecule has 0 unspecified atom stereocenters. The monoisotopic (exact) mass is 321 g/mol. The van der Waals surface area contributed by atoms with Crippen LogP contribution in [0.25, 0.3) is 0 Å². The van der Waals surface area contributed by atoms with Gasteiger partial charge in [0.05, 0.1) is 6.04 Å². The van der Waals surface area contributed by atoms with Gasteiger partial charge in [0.25, 0.3) is 0 Å². The Morgan fingerprint density at radius 2 is 1.92 bits per heavy atom. The summed E-state index contributed by atoms with van der Waals surface area (Å²) in [6, 6.07) is 14.8. The van der Waals surface area contributed by atoms with E-state index in [1.54, 1.807) is 12.4 Å². The molecule has 1 N–H and O–H groups in total. The van der Waals surface area contributed by atoms with Crippen molar-refractivity contribution in [3.63, 3.8) is 0 Å². The van der Waals surface area contributed by atoms with Crippen LogP contribution in [0.5, 0.6) is 0 Å². The third-order valence-electron chi connectivity index (χ3n) is 5.42. The van der Waals surface area contributed by atoms with E-state index in [2.05, 4.69) is 34.6 Å². The van der Waals surface area contributed by atoms with Crippen molar-refractivity contribution in [3.8, 4) is 0 Å². The highest BCUT2D eigenvalue weighted by atomic mass is 16.2. The molecule has 4 nitrogen and oxygen atoms in total. The van der Waals surface area contributed by atoms with Gasteiger partial charge < -0.3 is 10.2 Å². The maximum atomic E-state index is 12.7. The van der Waals surface area contributed by atoms with Gasteiger partial charge in [-0.15, -0.1) is 0 Å². The van der Waals surface area contributed by atoms with E-state index in [1.165, 1.54) is 11.1 Å². The second-order valence-electron chi connectivity index (χ2n) is 6.94. The van der Waals surface area contributed by atoms with E-state index in [0.717, 1.165) is 38.8 Å². The molecule has 2 heterocycles. The quantitative estimate of drug-likeness (QED) is 0.934. The standard InChI is InChI=1S/C20H23N3O/c24-19(22-15-20(10-11-20)17-5-2-1-3-6-17)23-14-4-7-18(23)16-8-12-21-13-9-16/h1-3,5-6,8-9,12-13,18H,4,7,10-11,14-15H2,(H,22,24)/t18-/m0/s1. The zero-order chi connectivity index (χ0) is 16.4. The van der Waals surface area contributed by atoms with Gasteiger partial charge in [0.1, 0.15) is 0 Å². The van der Waals surface area contributed by atoms with Crippen molar-refractivity contribution >= 4 is 6.03 Å². The van der Waals surface area contributed by atoms with Gasteiger partial charge in [0.2, 0.25) is 0 Å². The number of nitrogens with zero attached hydrogens (tertiary/aromatic N) is 2. The molecule has 2 fully saturated rings. The van der Waals surface area contributed by atoms with Crippen LogP contribution in [0.3, 0.4) is 0 Å². The molecule has 0 spiro atoms. The number of hydrogen-bond acceptors (Lipinski definition) is 2. The van der Waals surface area contributed by atoms with Crippen molar-refractivity contribution < 1.29 is 4.79 Å². The molecule has 1 aliphatic heterocycles. The minimum atomic E-state index is 0.0662. The summed E-state index contributed by atoms with van der Waals surface area (Å²) in [5.41, 5.74) is 2.68. The van der Waals surface area contributed by atoms with Crippen molar-refractivity contribution in [2.24, 2.45) is 0 Å². The summed E-state index contributed by atoms with van der Waals surface area (Å²) in [5, 5.41) is 3.20. The van der Waals surface area contributed by atoms with Crippen LogP contribution in [-0.2, 0) is 5.41 Å². The number of carbonyl (C=O) groups is 1. The fourth-order valence-corrected chi connectivity index (χ4v) is 3.80. The predicted octanol–water partition coefficient (Wildman–Crippen LogP) is 3.66. The molecule has 1 saturated heterocycles. The molecule has 1 atom stereocenters. The number of aromatic nitrogens is 1. The Morgan fingerprint density at radius 1 is 1.17 bits per heavy atom. The number of amides is 2. The van der Waals surface area contributed by atoms with Crippen LogP contribution in [0.1, 0.15) is 42.9 Å². The fraction of sp³-hybridized carbons (Fsp3) is 0.400. The molecule has 4 heteroatoms. The van der Waals surface area contributed by atoms with Crippen LogP contribution in [0.15, 0.2) is 54.9 Å². The van der Waals surface area contributed by atoms with Gasteiger partial charge in [0.15, 0.2) is 0 Å². The highest BCUT2D eigenvalue weighted by Crippen LogP contribution is 2.47. The predicted molar refractivity (Wildman–Crippen MR) is 93.7 cm³/mol. The molecule has 124 valence electrons. The number of urea groups is 1. The first-order valence-corrected chi connectivity index (χ1v) is 8.78. The first-order valence-electron chi connectivity index (χ1n) is 8.78. The lowest BCUT2D eigenvalue weighted by atomic mass is 9.96. The molecule has 2 aromatic rings. The van der Waals surface area contributed by atoms with Gasteiger partial charge in [-0.3, -0.25) is 4.98 Å². The molecule has 1 saturated carbocycles. The van der Waals surface area contributed by atoms with Crippen molar-refractivity contribution in [3.05, 3.63) is 66.0 Å². The summed E-state index contributed by atoms with van der Waals surface area (Å²) in [5.74, 6) is 0. The van der Waals surface area contributed by atoms with Crippen molar-refractivity contribution in [1.82, 2.24) is 15.2 Å². The topological polar surface area (TPSA) is 45.2 Å². The van der Waals surface area contributed by atoms with Gasteiger partial charge in [-0.2, -0.15) is 0 Å². The van der Waals surface area contributed by atoms with Gasteiger partial charge >= 0.3 is 6.03 Å². The van der Waals surface area contributed by atoms with E-state index < -0.39 is 0 Å². The van der Waals surface area contributed by atoms with Gasteiger partial charge in [-0.1, -0.05) is 30.3 Å². The normalized spacial score (nSPS) is 21.5. The minimum absolute atomic E-state index is 0.0662. The number of carbonyl (C=O) groups excluding carboxylic acids is 1. The molecule has 0 bridgehead atoms. The molecular weight excluding hydrogens is 298 g/mol. The maximum absolute atomic E-state index is 12.7. The lowest BCUT2D eigenvalue weighted by Gasteiger charge is -2.26. The number of likely N-dealkylation sites (tertiary alicyclic amines) is 1. The maximum Gasteiger partial charge on any atom is 0.317 e. The molecule has 1 aromatic carbocycles. The molecule has 2 amide bonds. The Labute approximate surface area is 142 Å². The van der Waals surface area contributed by atoms with E-state index in [0.29, 0.717) is 0 Å². The first kappa shape index (κ1) is 15.2. The minimum Gasteiger partial charge on any atom is -0.337 e. The summed E-state index contributed by atoms with van der Waals surface area (Å²) < 4.78 is 0. The Balaban J connectivity index is 1.41. The van der Waals surface area contributed by atoms with E-state index in [9.17, 15) is 4.79 Å². The van der Waals surface area contributed by atoms with Crippen molar-refractivity contribution in [2.45, 2.75) is 37.1 Å². The van der Waals surface area contributed by atoms with E-state index in [1.807, 2.05) is 23.1 Å². The Hall–Kier alpha value is -2.36. The average molecular weight is 321 g/mol. The molecule has 2 aliphatic rings. The first-order chi connectivity index (χ1) is 11.8. The molecule has 1 aromatic heterocycles. The Kier molecular flexibility index (Phi) is 3.97. The van der Waals surface area contributed by atoms with Crippen molar-refractivity contribution in [2.75, 3.05) is 13.1 Å². The number of hydrogen-bond donors (Lipinski definition) is 1. The summed E-state index contributed by atoms with van der Waals surface area (Å²) in [7, 11) is 0. The molecule has 4 rings (SSSR count). The smallest absolute Gasteiger partial charge is 0.317 e. The number of pyridine rings is 1. The Morgan fingerprint density at radius 3 is 2.62 bits per heavy atom. The van der Waals surface area contributed by atoms with Crippen LogP contribution in [-0.4, -0.2) is 29.0 Å². The number of benzene rings is 1. The fourth-order valence-electron chi connectivity index (χ4n) is 3.80. The lowest BCUT2D eigenvalue weighted by molar-refractivity contribution is 0.192. The van der Waals surface area contributed by atoms with E-state index >= 15 is 0 Å². The largest absolute Gasteiger partial charge is 0.337 e. The van der Waals surface area contributed by atoms with Gasteiger partial charge in [-0.25, -0.2) is 4.79 Å². The van der Waals surface area contributed by atoms with Gasteiger partial charge in [-0.05, 0) is 48.9 Å².